The highest BCUT2D eigenvalue weighted by Crippen LogP contribution is 2.37. The molecule has 5 heteroatoms. The lowest BCUT2D eigenvalue weighted by Gasteiger charge is -2.35. The van der Waals surface area contributed by atoms with Crippen LogP contribution in [0.2, 0.25) is 0 Å². The zero-order chi connectivity index (χ0) is 20.2. The number of amides is 2. The van der Waals surface area contributed by atoms with Crippen molar-refractivity contribution >= 4 is 12.0 Å². The summed E-state index contributed by atoms with van der Waals surface area (Å²) in [7, 11) is 0. The number of cyclic esters (lactones) is 1. The van der Waals surface area contributed by atoms with Crippen molar-refractivity contribution in [3.63, 3.8) is 0 Å². The summed E-state index contributed by atoms with van der Waals surface area (Å²) in [5.41, 5.74) is -0.921. The molecule has 27 heavy (non-hydrogen) atoms. The van der Waals surface area contributed by atoms with Crippen molar-refractivity contribution in [2.75, 3.05) is 0 Å². The Hall–Kier alpha value is -2.32. The Labute approximate surface area is 161 Å². The number of rotatable bonds is 7. The maximum absolute atomic E-state index is 13.3. The van der Waals surface area contributed by atoms with Crippen LogP contribution in [0.15, 0.2) is 30.3 Å². The van der Waals surface area contributed by atoms with Crippen molar-refractivity contribution in [1.29, 1.82) is 0 Å². The molecule has 1 N–H and O–H groups in total. The quantitative estimate of drug-likeness (QED) is 0.588. The van der Waals surface area contributed by atoms with Crippen LogP contribution in [-0.4, -0.2) is 39.8 Å². The van der Waals surface area contributed by atoms with E-state index in [9.17, 15) is 14.7 Å². The van der Waals surface area contributed by atoms with Gasteiger partial charge in [0.1, 0.15) is 5.60 Å². The molecule has 1 aromatic rings. The minimum absolute atomic E-state index is 0.401. The number of imide groups is 1. The normalized spacial score (nSPS) is 20.1. The number of benzene rings is 1. The number of nitrogens with zero attached hydrogens (tertiary/aromatic N) is 1. The molecule has 1 aliphatic rings. The predicted molar refractivity (Wildman–Crippen MR) is 104 cm³/mol. The maximum atomic E-state index is 13.3. The highest BCUT2D eigenvalue weighted by Gasteiger charge is 2.54. The minimum Gasteiger partial charge on any atom is -0.441 e. The fourth-order valence-electron chi connectivity index (χ4n) is 3.39. The third kappa shape index (κ3) is 4.51. The number of ether oxygens (including phenoxy) is 1. The van der Waals surface area contributed by atoms with Gasteiger partial charge >= 0.3 is 6.09 Å². The molecule has 0 aromatic heterocycles. The van der Waals surface area contributed by atoms with Gasteiger partial charge in [-0.25, -0.2) is 9.69 Å². The Morgan fingerprint density at radius 3 is 2.59 bits per heavy atom. The summed E-state index contributed by atoms with van der Waals surface area (Å²) < 4.78 is 5.50. The van der Waals surface area contributed by atoms with Crippen molar-refractivity contribution in [1.82, 2.24) is 4.90 Å². The van der Waals surface area contributed by atoms with E-state index in [1.165, 1.54) is 4.90 Å². The molecular weight excluding hydrogens is 342 g/mol. The van der Waals surface area contributed by atoms with E-state index in [1.54, 1.807) is 13.8 Å². The van der Waals surface area contributed by atoms with Gasteiger partial charge in [0.2, 0.25) is 5.91 Å². The Kier molecular flexibility index (Phi) is 6.33. The molecule has 2 atom stereocenters. The number of aliphatic hydroxyl groups excluding tert-OH is 1. The van der Waals surface area contributed by atoms with E-state index in [1.807, 2.05) is 44.2 Å². The van der Waals surface area contributed by atoms with E-state index in [2.05, 4.69) is 5.92 Å². The first-order chi connectivity index (χ1) is 12.6. The molecule has 0 bridgehead atoms. The van der Waals surface area contributed by atoms with Gasteiger partial charge in [-0.3, -0.25) is 4.79 Å². The van der Waals surface area contributed by atoms with Crippen LogP contribution in [0, 0.1) is 17.8 Å². The van der Waals surface area contributed by atoms with Gasteiger partial charge < -0.3 is 9.84 Å². The maximum Gasteiger partial charge on any atom is 0.417 e. The van der Waals surface area contributed by atoms with Crippen molar-refractivity contribution in [3.8, 4) is 12.3 Å². The zero-order valence-electron chi connectivity index (χ0n) is 16.6. The number of hydrogen-bond acceptors (Lipinski definition) is 4. The molecule has 5 nitrogen and oxygen atoms in total. The molecule has 1 fully saturated rings. The third-order valence-corrected chi connectivity index (χ3v) is 5.33. The fourth-order valence-corrected chi connectivity index (χ4v) is 3.39. The Morgan fingerprint density at radius 1 is 1.37 bits per heavy atom. The summed E-state index contributed by atoms with van der Waals surface area (Å²) >= 11 is 0. The first-order valence-corrected chi connectivity index (χ1v) is 9.33. The largest absolute Gasteiger partial charge is 0.441 e. The molecule has 1 aromatic carbocycles. The number of terminal acetylenes is 1. The second-order valence-electron chi connectivity index (χ2n) is 8.19. The van der Waals surface area contributed by atoms with Gasteiger partial charge in [0.15, 0.2) is 0 Å². The van der Waals surface area contributed by atoms with Gasteiger partial charge in [-0.1, -0.05) is 30.3 Å². The summed E-state index contributed by atoms with van der Waals surface area (Å²) in [5.74, 6) is 2.11. The average Bonchev–Trinajstić information content (AvgIpc) is 2.83. The summed E-state index contributed by atoms with van der Waals surface area (Å²) in [4.78, 5) is 27.0. The van der Waals surface area contributed by atoms with E-state index in [-0.39, 0.29) is 0 Å². The molecule has 0 aliphatic carbocycles. The molecule has 0 spiro atoms. The van der Waals surface area contributed by atoms with E-state index >= 15 is 0 Å². The highest BCUT2D eigenvalue weighted by atomic mass is 16.6. The van der Waals surface area contributed by atoms with Crippen LogP contribution in [0.4, 0.5) is 4.79 Å². The second-order valence-corrected chi connectivity index (χ2v) is 8.19. The molecule has 0 saturated carbocycles. The summed E-state index contributed by atoms with van der Waals surface area (Å²) in [6.45, 7) is 6.94. The van der Waals surface area contributed by atoms with Crippen molar-refractivity contribution in [3.05, 3.63) is 35.9 Å². The topological polar surface area (TPSA) is 66.8 Å². The van der Waals surface area contributed by atoms with Gasteiger partial charge in [-0.2, -0.15) is 0 Å². The molecule has 2 rings (SSSR count). The Balaban J connectivity index is 2.25. The lowest BCUT2D eigenvalue weighted by Crippen LogP contribution is -2.53. The number of unbranched alkanes of at least 4 members (excludes halogenated alkanes) is 1. The van der Waals surface area contributed by atoms with Crippen LogP contribution >= 0.6 is 0 Å². The highest BCUT2D eigenvalue weighted by molar-refractivity contribution is 5.97. The number of aliphatic hydroxyl groups is 1. The average molecular weight is 371 g/mol. The van der Waals surface area contributed by atoms with Crippen LogP contribution in [0.1, 0.15) is 52.5 Å². The molecule has 0 radical (unpaired) electrons. The lowest BCUT2D eigenvalue weighted by molar-refractivity contribution is -0.145. The van der Waals surface area contributed by atoms with E-state index < -0.39 is 35.2 Å². The standard InChI is InChI=1S/C22H29NO4/c1-6-7-9-14-18(24)21(2,3)19(25)23-17(22(4,5)27-20(23)26)15-16-12-10-8-11-13-16/h1,8,10-13,17-18,24H,7,9,14-15H2,2-5H3/t17-,18-/m1/s1. The first-order valence-electron chi connectivity index (χ1n) is 9.33. The molecule has 1 aliphatic heterocycles. The van der Waals surface area contributed by atoms with E-state index in [4.69, 9.17) is 11.2 Å². The smallest absolute Gasteiger partial charge is 0.417 e. The van der Waals surface area contributed by atoms with Crippen LogP contribution in [0.25, 0.3) is 0 Å². The van der Waals surface area contributed by atoms with Gasteiger partial charge in [-0.15, -0.1) is 12.3 Å². The van der Waals surface area contributed by atoms with Crippen molar-refractivity contribution in [2.45, 2.75) is 71.1 Å². The summed E-state index contributed by atoms with van der Waals surface area (Å²) in [6, 6.07) is 9.24. The van der Waals surface area contributed by atoms with Gasteiger partial charge in [0, 0.05) is 6.42 Å². The molecule has 146 valence electrons. The lowest BCUT2D eigenvalue weighted by atomic mass is 9.81. The van der Waals surface area contributed by atoms with E-state index in [0.29, 0.717) is 25.7 Å². The summed E-state index contributed by atoms with van der Waals surface area (Å²) in [6.07, 6.45) is 5.76. The van der Waals surface area contributed by atoms with Crippen molar-refractivity contribution in [2.24, 2.45) is 5.41 Å². The van der Waals surface area contributed by atoms with Gasteiger partial charge in [-0.05, 0) is 52.5 Å². The number of carbonyl (C=O) groups excluding carboxylic acids is 2. The number of hydrogen-bond donors (Lipinski definition) is 1. The van der Waals surface area contributed by atoms with Crippen LogP contribution in [0.3, 0.4) is 0 Å². The summed E-state index contributed by atoms with van der Waals surface area (Å²) in [5, 5.41) is 10.6. The first kappa shape index (κ1) is 21.0. The predicted octanol–water partition coefficient (Wildman–Crippen LogP) is 3.55. The minimum atomic E-state index is -1.12. The monoisotopic (exact) mass is 371 g/mol. The SMILES string of the molecule is C#CCCC[C@@H](O)C(C)(C)C(=O)N1C(=O)OC(C)(C)[C@H]1Cc1ccccc1. The van der Waals surface area contributed by atoms with Crippen LogP contribution < -0.4 is 0 Å². The number of carbonyl (C=O) groups is 2. The second kappa shape index (κ2) is 8.14. The van der Waals surface area contributed by atoms with Gasteiger partial charge in [0.25, 0.3) is 0 Å². The molecule has 0 unspecified atom stereocenters. The molecule has 1 heterocycles. The molecule has 2 amide bonds. The fraction of sp³-hybridized carbons (Fsp3) is 0.545. The van der Waals surface area contributed by atoms with Crippen molar-refractivity contribution < 1.29 is 19.4 Å². The molecule has 1 saturated heterocycles. The van der Waals surface area contributed by atoms with Gasteiger partial charge in [0.05, 0.1) is 17.6 Å². The van der Waals surface area contributed by atoms with E-state index in [0.717, 1.165) is 5.56 Å². The molecular formula is C22H29NO4. The zero-order valence-corrected chi connectivity index (χ0v) is 16.6. The van der Waals surface area contributed by atoms with Crippen LogP contribution in [-0.2, 0) is 16.0 Å². The Morgan fingerprint density at radius 2 is 2.00 bits per heavy atom. The third-order valence-electron chi connectivity index (χ3n) is 5.33. The van der Waals surface area contributed by atoms with Crippen LogP contribution in [0.5, 0.6) is 0 Å². The Bertz CT molecular complexity index is 718.